The molecule has 1 unspecified atom stereocenters. The first kappa shape index (κ1) is 14.5. The fraction of sp³-hybridized carbons (Fsp3) is 0.250. The van der Waals surface area contributed by atoms with Crippen LogP contribution in [-0.4, -0.2) is 22.8 Å². The molecular weight excluding hydrogens is 272 g/mol. The number of aromatic nitrogens is 1. The molecule has 0 saturated carbocycles. The maximum atomic E-state index is 12.3. The van der Waals surface area contributed by atoms with E-state index < -0.39 is 5.38 Å². The topological polar surface area (TPSA) is 33.2 Å². The van der Waals surface area contributed by atoms with E-state index in [1.165, 1.54) is 0 Å². The highest BCUT2D eigenvalue weighted by atomic mass is 35.5. The van der Waals surface area contributed by atoms with Crippen LogP contribution in [0.1, 0.15) is 22.3 Å². The van der Waals surface area contributed by atoms with Crippen LogP contribution >= 0.6 is 11.6 Å². The molecule has 0 bridgehead atoms. The molecule has 2 aromatic rings. The van der Waals surface area contributed by atoms with E-state index in [4.69, 9.17) is 11.6 Å². The number of nitrogens with zero attached hydrogens (tertiary/aromatic N) is 2. The number of carbonyl (C=O) groups is 1. The van der Waals surface area contributed by atoms with Crippen LogP contribution in [0.2, 0.25) is 0 Å². The molecule has 1 aromatic heterocycles. The molecule has 104 valence electrons. The minimum Gasteiger partial charge on any atom is -0.338 e. The van der Waals surface area contributed by atoms with Gasteiger partial charge in [0.2, 0.25) is 5.91 Å². The van der Waals surface area contributed by atoms with Gasteiger partial charge in [-0.05, 0) is 24.6 Å². The molecule has 4 heteroatoms. The molecule has 3 nitrogen and oxygen atoms in total. The van der Waals surface area contributed by atoms with Crippen LogP contribution in [0.4, 0.5) is 0 Å². The predicted molar refractivity (Wildman–Crippen MR) is 80.5 cm³/mol. The van der Waals surface area contributed by atoms with Gasteiger partial charge in [0.25, 0.3) is 0 Å². The molecule has 0 aliphatic rings. The molecule has 1 heterocycles. The Bertz CT molecular complexity index is 586. The van der Waals surface area contributed by atoms with Gasteiger partial charge in [-0.2, -0.15) is 0 Å². The summed E-state index contributed by atoms with van der Waals surface area (Å²) in [6, 6.07) is 15.1. The average molecular weight is 289 g/mol. The third-order valence-corrected chi connectivity index (χ3v) is 3.47. The maximum absolute atomic E-state index is 12.3. The number of aryl methyl sites for hydroxylation is 1. The monoisotopic (exact) mass is 288 g/mol. The first-order valence-corrected chi connectivity index (χ1v) is 6.88. The zero-order valence-electron chi connectivity index (χ0n) is 11.6. The zero-order valence-corrected chi connectivity index (χ0v) is 12.3. The normalized spacial score (nSPS) is 11.9. The van der Waals surface area contributed by atoms with Gasteiger partial charge in [0.15, 0.2) is 0 Å². The molecule has 20 heavy (non-hydrogen) atoms. The van der Waals surface area contributed by atoms with E-state index in [0.717, 1.165) is 17.0 Å². The lowest BCUT2D eigenvalue weighted by atomic mass is 10.1. The number of alkyl halides is 1. The number of rotatable bonds is 4. The van der Waals surface area contributed by atoms with Gasteiger partial charge in [0.05, 0.1) is 12.2 Å². The van der Waals surface area contributed by atoms with E-state index >= 15 is 0 Å². The Kier molecular flexibility index (Phi) is 4.74. The number of halogens is 1. The minimum atomic E-state index is -0.661. The lowest BCUT2D eigenvalue weighted by molar-refractivity contribution is -0.130. The van der Waals surface area contributed by atoms with Gasteiger partial charge in [-0.3, -0.25) is 9.78 Å². The Morgan fingerprint density at radius 2 is 1.90 bits per heavy atom. The van der Waals surface area contributed by atoms with Gasteiger partial charge in [-0.1, -0.05) is 36.4 Å². The van der Waals surface area contributed by atoms with Crippen molar-refractivity contribution in [2.75, 3.05) is 7.05 Å². The van der Waals surface area contributed by atoms with Crippen LogP contribution in [0.25, 0.3) is 0 Å². The predicted octanol–water partition coefficient (Wildman–Crippen LogP) is 3.33. The van der Waals surface area contributed by atoms with Gasteiger partial charge < -0.3 is 4.90 Å². The number of amides is 1. The van der Waals surface area contributed by atoms with Gasteiger partial charge >= 0.3 is 0 Å². The summed E-state index contributed by atoms with van der Waals surface area (Å²) < 4.78 is 0. The Morgan fingerprint density at radius 1 is 1.20 bits per heavy atom. The van der Waals surface area contributed by atoms with E-state index in [9.17, 15) is 4.79 Å². The first-order valence-electron chi connectivity index (χ1n) is 6.44. The Morgan fingerprint density at radius 3 is 2.55 bits per heavy atom. The lowest BCUT2D eigenvalue weighted by Crippen LogP contribution is -2.29. The highest BCUT2D eigenvalue weighted by Crippen LogP contribution is 2.22. The van der Waals surface area contributed by atoms with Crippen molar-refractivity contribution in [2.24, 2.45) is 0 Å². The van der Waals surface area contributed by atoms with Crippen molar-refractivity contribution in [3.8, 4) is 0 Å². The zero-order chi connectivity index (χ0) is 14.5. The Labute approximate surface area is 124 Å². The summed E-state index contributed by atoms with van der Waals surface area (Å²) in [5.41, 5.74) is 2.61. The van der Waals surface area contributed by atoms with Crippen LogP contribution in [0.15, 0.2) is 48.5 Å². The van der Waals surface area contributed by atoms with Crippen molar-refractivity contribution in [1.29, 1.82) is 0 Å². The number of pyridine rings is 1. The third-order valence-electron chi connectivity index (χ3n) is 3.03. The van der Waals surface area contributed by atoms with Crippen LogP contribution in [0, 0.1) is 6.92 Å². The fourth-order valence-corrected chi connectivity index (χ4v) is 2.28. The van der Waals surface area contributed by atoms with Crippen LogP contribution in [-0.2, 0) is 11.3 Å². The van der Waals surface area contributed by atoms with Crippen molar-refractivity contribution >= 4 is 17.5 Å². The summed E-state index contributed by atoms with van der Waals surface area (Å²) in [6.07, 6.45) is 0. The molecule has 0 saturated heterocycles. The molecule has 0 aliphatic heterocycles. The third kappa shape index (κ3) is 3.58. The second-order valence-electron chi connectivity index (χ2n) is 4.74. The highest BCUT2D eigenvalue weighted by molar-refractivity contribution is 6.30. The van der Waals surface area contributed by atoms with Crippen LogP contribution in [0.5, 0.6) is 0 Å². The molecule has 1 atom stereocenters. The summed E-state index contributed by atoms with van der Waals surface area (Å²) in [6.45, 7) is 2.39. The standard InChI is InChI=1S/C16H17ClN2O/c1-12-7-6-10-14(18-12)11-19(2)16(20)15(17)13-8-4-3-5-9-13/h3-10,15H,11H2,1-2H3. The van der Waals surface area contributed by atoms with Gasteiger partial charge in [-0.25, -0.2) is 0 Å². The molecular formula is C16H17ClN2O. The average Bonchev–Trinajstić information content (AvgIpc) is 2.46. The quantitative estimate of drug-likeness (QED) is 0.809. The molecule has 0 spiro atoms. The largest absolute Gasteiger partial charge is 0.338 e. The fourth-order valence-electron chi connectivity index (χ4n) is 1.97. The van der Waals surface area contributed by atoms with Gasteiger partial charge in [0, 0.05) is 12.7 Å². The maximum Gasteiger partial charge on any atom is 0.245 e. The molecule has 0 radical (unpaired) electrons. The summed E-state index contributed by atoms with van der Waals surface area (Å²) in [4.78, 5) is 18.3. The van der Waals surface area contributed by atoms with Crippen molar-refractivity contribution < 1.29 is 4.79 Å². The molecule has 2 rings (SSSR count). The van der Waals surface area contributed by atoms with E-state index in [2.05, 4.69) is 4.98 Å². The highest BCUT2D eigenvalue weighted by Gasteiger charge is 2.21. The second-order valence-corrected chi connectivity index (χ2v) is 5.17. The number of hydrogen-bond acceptors (Lipinski definition) is 2. The number of carbonyl (C=O) groups excluding carboxylic acids is 1. The first-order chi connectivity index (χ1) is 9.58. The number of hydrogen-bond donors (Lipinski definition) is 0. The molecule has 0 aliphatic carbocycles. The van der Waals surface area contributed by atoms with E-state index in [1.807, 2.05) is 55.5 Å². The Hall–Kier alpha value is -1.87. The molecule has 1 aromatic carbocycles. The van der Waals surface area contributed by atoms with E-state index in [1.54, 1.807) is 11.9 Å². The van der Waals surface area contributed by atoms with Gasteiger partial charge in [0.1, 0.15) is 5.38 Å². The Balaban J connectivity index is 2.05. The van der Waals surface area contributed by atoms with Crippen LogP contribution < -0.4 is 0 Å². The van der Waals surface area contributed by atoms with Gasteiger partial charge in [-0.15, -0.1) is 11.6 Å². The second kappa shape index (κ2) is 6.53. The summed E-state index contributed by atoms with van der Waals surface area (Å²) in [5, 5.41) is -0.661. The number of benzene rings is 1. The van der Waals surface area contributed by atoms with Crippen molar-refractivity contribution in [3.05, 3.63) is 65.5 Å². The van der Waals surface area contributed by atoms with Crippen molar-refractivity contribution in [1.82, 2.24) is 9.88 Å². The summed E-state index contributed by atoms with van der Waals surface area (Å²) >= 11 is 6.24. The van der Waals surface area contributed by atoms with Crippen LogP contribution in [0.3, 0.4) is 0 Å². The van der Waals surface area contributed by atoms with E-state index in [0.29, 0.717) is 6.54 Å². The summed E-state index contributed by atoms with van der Waals surface area (Å²) in [5.74, 6) is -0.124. The van der Waals surface area contributed by atoms with Crippen molar-refractivity contribution in [3.63, 3.8) is 0 Å². The van der Waals surface area contributed by atoms with E-state index in [-0.39, 0.29) is 5.91 Å². The molecule has 0 N–H and O–H groups in total. The lowest BCUT2D eigenvalue weighted by Gasteiger charge is -2.20. The SMILES string of the molecule is Cc1cccc(CN(C)C(=O)C(Cl)c2ccccc2)n1. The summed E-state index contributed by atoms with van der Waals surface area (Å²) in [7, 11) is 1.74. The smallest absolute Gasteiger partial charge is 0.245 e. The molecule has 0 fully saturated rings. The molecule has 1 amide bonds. The minimum absolute atomic E-state index is 0.124. The van der Waals surface area contributed by atoms with Crippen molar-refractivity contribution in [2.45, 2.75) is 18.8 Å². The number of likely N-dealkylation sites (N-methyl/N-ethyl adjacent to an activating group) is 1.